The van der Waals surface area contributed by atoms with Crippen molar-refractivity contribution in [2.45, 2.75) is 39.2 Å². The molecule has 0 unspecified atom stereocenters. The quantitative estimate of drug-likeness (QED) is 0.444. The van der Waals surface area contributed by atoms with Gasteiger partial charge < -0.3 is 9.68 Å². The highest BCUT2D eigenvalue weighted by molar-refractivity contribution is 4.56. The van der Waals surface area contributed by atoms with Gasteiger partial charge in [-0.25, -0.2) is 0 Å². The van der Waals surface area contributed by atoms with Gasteiger partial charge in [0.2, 0.25) is 0 Å². The molecule has 0 aliphatic carbocycles. The van der Waals surface area contributed by atoms with Gasteiger partial charge in [0.15, 0.2) is 0 Å². The molecule has 0 aromatic heterocycles. The molecule has 0 heterocycles. The van der Waals surface area contributed by atoms with E-state index in [0.29, 0.717) is 18.8 Å². The Morgan fingerprint density at radius 2 is 1.75 bits per heavy atom. The fraction of sp³-hybridized carbons (Fsp3) is 1.00. The Morgan fingerprint density at radius 1 is 1.12 bits per heavy atom. The molecule has 16 heavy (non-hydrogen) atoms. The molecular weight excluding hydrogens is 220 g/mol. The number of hydrogen-bond donors (Lipinski definition) is 0. The molecule has 0 bridgehead atoms. The maximum absolute atomic E-state index is 10.1. The molecule has 0 aliphatic rings. The first-order valence-electron chi connectivity index (χ1n) is 5.00. The first-order valence-corrected chi connectivity index (χ1v) is 5.00. The lowest BCUT2D eigenvalue weighted by atomic mass is 10.0. The van der Waals surface area contributed by atoms with Crippen LogP contribution in [0.4, 0.5) is 0 Å². The molecule has 0 saturated heterocycles. The largest absolute Gasteiger partial charge is 0.312 e. The van der Waals surface area contributed by atoms with Crippen molar-refractivity contribution >= 4 is 0 Å². The fourth-order valence-corrected chi connectivity index (χ4v) is 1.19. The topological polar surface area (TPSA) is 105 Å². The number of hydrogen-bond acceptors (Lipinski definition) is 6. The van der Waals surface area contributed by atoms with Crippen molar-refractivity contribution in [3.8, 4) is 0 Å². The third kappa shape index (κ3) is 8.97. The Labute approximate surface area is 92.7 Å². The van der Waals surface area contributed by atoms with Gasteiger partial charge in [-0.15, -0.1) is 20.2 Å². The molecule has 94 valence electrons. The first-order chi connectivity index (χ1) is 7.41. The highest BCUT2D eigenvalue weighted by atomic mass is 17.0. The van der Waals surface area contributed by atoms with Crippen molar-refractivity contribution in [1.82, 2.24) is 0 Å². The zero-order chi connectivity index (χ0) is 12.6. The smallest absolute Gasteiger partial charge is 0.294 e. The summed E-state index contributed by atoms with van der Waals surface area (Å²) in [4.78, 5) is 28.4. The van der Waals surface area contributed by atoms with Gasteiger partial charge >= 0.3 is 0 Å². The summed E-state index contributed by atoms with van der Waals surface area (Å²) in [6.45, 7) is 3.64. The van der Waals surface area contributed by atoms with Crippen LogP contribution in [0, 0.1) is 26.1 Å². The Balaban J connectivity index is 3.89. The molecule has 0 rings (SSSR count). The van der Waals surface area contributed by atoms with Crippen molar-refractivity contribution in [2.24, 2.45) is 5.92 Å². The zero-order valence-corrected chi connectivity index (χ0v) is 9.33. The summed E-state index contributed by atoms with van der Waals surface area (Å²) in [7, 11) is 0. The average Bonchev–Trinajstić information content (AvgIpc) is 2.12. The van der Waals surface area contributed by atoms with Crippen LogP contribution in [0.25, 0.3) is 0 Å². The minimum atomic E-state index is -0.987. The fourth-order valence-electron chi connectivity index (χ4n) is 1.19. The van der Waals surface area contributed by atoms with Gasteiger partial charge in [-0.3, -0.25) is 0 Å². The summed E-state index contributed by atoms with van der Waals surface area (Å²) >= 11 is 0. The van der Waals surface area contributed by atoms with Crippen molar-refractivity contribution in [2.75, 3.05) is 6.61 Å². The summed E-state index contributed by atoms with van der Waals surface area (Å²) in [5.41, 5.74) is 0. The van der Waals surface area contributed by atoms with Crippen molar-refractivity contribution in [3.63, 3.8) is 0 Å². The van der Waals surface area contributed by atoms with E-state index in [-0.39, 0.29) is 0 Å². The average molecular weight is 236 g/mol. The summed E-state index contributed by atoms with van der Waals surface area (Å²) in [6, 6.07) is 0. The molecule has 0 fully saturated rings. The molecule has 0 saturated carbocycles. The monoisotopic (exact) mass is 236 g/mol. The van der Waals surface area contributed by atoms with Crippen LogP contribution in [0.1, 0.15) is 33.1 Å². The Bertz CT molecular complexity index is 233. The number of nitrogens with zero attached hydrogens (tertiary/aromatic N) is 2. The van der Waals surface area contributed by atoms with Crippen LogP contribution in [0.5, 0.6) is 0 Å². The summed E-state index contributed by atoms with van der Waals surface area (Å²) in [5.74, 6) is 0.479. The van der Waals surface area contributed by atoms with Crippen LogP contribution >= 0.6 is 0 Å². The third-order valence-electron chi connectivity index (χ3n) is 1.91. The van der Waals surface area contributed by atoms with Crippen molar-refractivity contribution in [3.05, 3.63) is 20.2 Å². The van der Waals surface area contributed by atoms with Gasteiger partial charge in [0.25, 0.3) is 10.2 Å². The predicted octanol–water partition coefficient (Wildman–Crippen LogP) is 1.60. The second kappa shape index (κ2) is 7.66. The van der Waals surface area contributed by atoms with E-state index in [1.165, 1.54) is 0 Å². The molecule has 1 atom stereocenters. The van der Waals surface area contributed by atoms with E-state index >= 15 is 0 Å². The molecule has 8 nitrogen and oxygen atoms in total. The van der Waals surface area contributed by atoms with E-state index < -0.39 is 22.9 Å². The minimum Gasteiger partial charge on any atom is -0.312 e. The van der Waals surface area contributed by atoms with Gasteiger partial charge in [0, 0.05) is 0 Å². The maximum atomic E-state index is 10.1. The van der Waals surface area contributed by atoms with Crippen LogP contribution < -0.4 is 0 Å². The molecule has 0 N–H and O–H groups in total. The Morgan fingerprint density at radius 3 is 2.19 bits per heavy atom. The summed E-state index contributed by atoms with van der Waals surface area (Å²) in [6.07, 6.45) is 1.08. The van der Waals surface area contributed by atoms with E-state index in [4.69, 9.17) is 0 Å². The van der Waals surface area contributed by atoms with E-state index in [9.17, 15) is 20.2 Å². The van der Waals surface area contributed by atoms with Gasteiger partial charge in [-0.05, 0) is 12.3 Å². The minimum absolute atomic E-state index is 0.368. The highest BCUT2D eigenvalue weighted by Gasteiger charge is 2.15. The van der Waals surface area contributed by atoms with Crippen molar-refractivity contribution in [1.29, 1.82) is 0 Å². The second-order valence-corrected chi connectivity index (χ2v) is 3.80. The lowest BCUT2D eigenvalue weighted by Gasteiger charge is -2.13. The standard InChI is InChI=1S/C8H16N2O6/c1-7(2)4-3-5-8(16-10(13)14)6-15-9(11)12/h7-8H,3-6H2,1-2H3/t8-/m1/s1. The molecule has 0 aromatic carbocycles. The van der Waals surface area contributed by atoms with Crippen LogP contribution in [0.2, 0.25) is 0 Å². The molecule has 0 aliphatic heterocycles. The molecule has 0 radical (unpaired) electrons. The molecular formula is C8H16N2O6. The maximum Gasteiger partial charge on any atom is 0.294 e. The lowest BCUT2D eigenvalue weighted by molar-refractivity contribution is -0.790. The molecule has 0 aromatic rings. The molecule has 0 spiro atoms. The molecule has 8 heteroatoms. The van der Waals surface area contributed by atoms with Crippen molar-refractivity contribution < 1.29 is 19.8 Å². The van der Waals surface area contributed by atoms with Crippen LogP contribution in [0.3, 0.4) is 0 Å². The Hall–Kier alpha value is -1.60. The van der Waals surface area contributed by atoms with Crippen LogP contribution in [0.15, 0.2) is 0 Å². The SMILES string of the molecule is CC(C)CCC[C@H](CO[N+](=O)[O-])O[N+](=O)[O-]. The van der Waals surface area contributed by atoms with Gasteiger partial charge in [-0.2, -0.15) is 0 Å². The normalized spacial score (nSPS) is 12.2. The van der Waals surface area contributed by atoms with E-state index in [0.717, 1.165) is 6.42 Å². The van der Waals surface area contributed by atoms with E-state index in [2.05, 4.69) is 9.68 Å². The first kappa shape index (κ1) is 14.4. The van der Waals surface area contributed by atoms with Crippen LogP contribution in [-0.4, -0.2) is 22.9 Å². The highest BCUT2D eigenvalue weighted by Crippen LogP contribution is 2.11. The van der Waals surface area contributed by atoms with Gasteiger partial charge in [0.05, 0.1) is 0 Å². The number of rotatable bonds is 9. The van der Waals surface area contributed by atoms with Gasteiger partial charge in [-0.1, -0.05) is 26.7 Å². The summed E-state index contributed by atoms with van der Waals surface area (Å²) in [5, 5.41) is 18.1. The zero-order valence-electron chi connectivity index (χ0n) is 9.33. The Kier molecular flexibility index (Phi) is 6.89. The predicted molar refractivity (Wildman–Crippen MR) is 53.5 cm³/mol. The summed E-state index contributed by atoms with van der Waals surface area (Å²) < 4.78 is 0. The van der Waals surface area contributed by atoms with Crippen LogP contribution in [-0.2, 0) is 9.68 Å². The van der Waals surface area contributed by atoms with Gasteiger partial charge in [0.1, 0.15) is 12.7 Å². The van der Waals surface area contributed by atoms with E-state index in [1.54, 1.807) is 0 Å². The third-order valence-corrected chi connectivity index (χ3v) is 1.91. The molecule has 0 amide bonds. The lowest BCUT2D eigenvalue weighted by Crippen LogP contribution is -2.24. The second-order valence-electron chi connectivity index (χ2n) is 3.80. The van der Waals surface area contributed by atoms with E-state index in [1.807, 2.05) is 13.8 Å².